The molecule has 2 aromatic heterocycles. The summed E-state index contributed by atoms with van der Waals surface area (Å²) < 4.78 is 1.30. The average molecular weight is 468 g/mol. The minimum atomic E-state index is -0.181. The Balaban J connectivity index is 1.39. The van der Waals surface area contributed by atoms with Gasteiger partial charge in [0, 0.05) is 44.4 Å². The van der Waals surface area contributed by atoms with Crippen LogP contribution in [0.2, 0.25) is 0 Å². The van der Waals surface area contributed by atoms with Crippen LogP contribution in [0.25, 0.3) is 22.6 Å². The molecule has 0 bridgehead atoms. The number of aromatic nitrogens is 4. The highest BCUT2D eigenvalue weighted by Crippen LogP contribution is 2.31. The van der Waals surface area contributed by atoms with Crippen LogP contribution in [-0.4, -0.2) is 43.8 Å². The van der Waals surface area contributed by atoms with Crippen molar-refractivity contribution < 1.29 is 0 Å². The van der Waals surface area contributed by atoms with Crippen LogP contribution in [0.5, 0.6) is 0 Å². The Hall–Kier alpha value is -4.04. The molecular weight excluding hydrogens is 438 g/mol. The number of nitrogens with two attached hydrogens (primary N) is 1. The summed E-state index contributed by atoms with van der Waals surface area (Å²) in [5.41, 5.74) is 10.2. The van der Waals surface area contributed by atoms with Crippen LogP contribution < -0.4 is 16.6 Å². The quantitative estimate of drug-likeness (QED) is 0.447. The third-order valence-electron chi connectivity index (χ3n) is 6.35. The molecule has 1 aliphatic rings. The zero-order valence-corrected chi connectivity index (χ0v) is 19.8. The van der Waals surface area contributed by atoms with E-state index in [2.05, 4.69) is 39.6 Å². The number of benzene rings is 2. The molecule has 0 amide bonds. The summed E-state index contributed by atoms with van der Waals surface area (Å²) in [7, 11) is 1.63. The molecule has 35 heavy (non-hydrogen) atoms. The fourth-order valence-corrected chi connectivity index (χ4v) is 4.43. The van der Waals surface area contributed by atoms with E-state index in [9.17, 15) is 4.79 Å². The first-order valence-electron chi connectivity index (χ1n) is 11.9. The number of piperidine rings is 1. The van der Waals surface area contributed by atoms with Crippen LogP contribution in [0.4, 0.5) is 11.6 Å². The highest BCUT2D eigenvalue weighted by Gasteiger charge is 2.22. The third-order valence-corrected chi connectivity index (χ3v) is 6.35. The molecule has 3 heterocycles. The monoisotopic (exact) mass is 467 g/mol. The Morgan fingerprint density at radius 3 is 2.29 bits per heavy atom. The molecule has 1 saturated heterocycles. The fraction of sp³-hybridized carbons (Fsp3) is 0.259. The van der Waals surface area contributed by atoms with E-state index in [0.717, 1.165) is 38.0 Å². The lowest BCUT2D eigenvalue weighted by molar-refractivity contribution is 0.211. The van der Waals surface area contributed by atoms with Crippen molar-refractivity contribution in [3.05, 3.63) is 88.7 Å². The highest BCUT2D eigenvalue weighted by molar-refractivity contribution is 5.79. The molecule has 0 unspecified atom stereocenters. The fourth-order valence-electron chi connectivity index (χ4n) is 4.43. The van der Waals surface area contributed by atoms with Crippen LogP contribution in [0.1, 0.15) is 18.4 Å². The minimum Gasteiger partial charge on any atom is -0.381 e. The van der Waals surface area contributed by atoms with Gasteiger partial charge in [-0.3, -0.25) is 9.69 Å². The van der Waals surface area contributed by atoms with E-state index in [-0.39, 0.29) is 11.6 Å². The van der Waals surface area contributed by atoms with Crippen LogP contribution in [-0.2, 0) is 13.6 Å². The zero-order valence-electron chi connectivity index (χ0n) is 19.8. The van der Waals surface area contributed by atoms with Gasteiger partial charge in [0.1, 0.15) is 17.1 Å². The number of hydrogen-bond donors (Lipinski definition) is 2. The number of anilines is 2. The third kappa shape index (κ3) is 5.22. The first-order valence-corrected chi connectivity index (χ1v) is 11.9. The van der Waals surface area contributed by atoms with Crippen molar-refractivity contribution in [2.45, 2.75) is 25.4 Å². The van der Waals surface area contributed by atoms with Crippen LogP contribution in [0, 0.1) is 0 Å². The topological polar surface area (TPSA) is 102 Å². The zero-order chi connectivity index (χ0) is 24.2. The molecule has 0 saturated carbocycles. The number of nitrogen functional groups attached to an aromatic ring is 1. The number of aryl methyl sites for hydroxylation is 1. The van der Waals surface area contributed by atoms with E-state index in [1.807, 2.05) is 36.4 Å². The summed E-state index contributed by atoms with van der Waals surface area (Å²) in [4.78, 5) is 24.0. The largest absolute Gasteiger partial charge is 0.381 e. The smallest absolute Gasteiger partial charge is 0.266 e. The van der Waals surface area contributed by atoms with E-state index in [1.165, 1.54) is 16.3 Å². The van der Waals surface area contributed by atoms with Gasteiger partial charge in [0.25, 0.3) is 5.56 Å². The van der Waals surface area contributed by atoms with E-state index in [0.29, 0.717) is 28.7 Å². The number of likely N-dealkylation sites (tertiary alicyclic amines) is 1. The van der Waals surface area contributed by atoms with E-state index < -0.39 is 0 Å². The van der Waals surface area contributed by atoms with E-state index in [1.54, 1.807) is 13.1 Å². The minimum absolute atomic E-state index is 0.181. The van der Waals surface area contributed by atoms with Crippen LogP contribution in [0.15, 0.2) is 77.6 Å². The Kier molecular flexibility index (Phi) is 6.54. The van der Waals surface area contributed by atoms with Gasteiger partial charge in [0.15, 0.2) is 11.6 Å². The molecule has 8 nitrogen and oxygen atoms in total. The van der Waals surface area contributed by atoms with Crippen molar-refractivity contribution in [2.75, 3.05) is 24.1 Å². The molecule has 1 fully saturated rings. The molecule has 8 heteroatoms. The van der Waals surface area contributed by atoms with Crippen LogP contribution >= 0.6 is 0 Å². The lowest BCUT2D eigenvalue weighted by Crippen LogP contribution is -2.39. The van der Waals surface area contributed by atoms with Crippen LogP contribution in [0.3, 0.4) is 0 Å². The molecule has 0 radical (unpaired) electrons. The van der Waals surface area contributed by atoms with Crippen molar-refractivity contribution in [3.8, 4) is 22.6 Å². The molecule has 0 atom stereocenters. The average Bonchev–Trinajstić information content (AvgIpc) is 2.89. The molecule has 0 spiro atoms. The normalized spacial score (nSPS) is 14.7. The first-order chi connectivity index (χ1) is 17.1. The maximum absolute atomic E-state index is 11.9. The summed E-state index contributed by atoms with van der Waals surface area (Å²) >= 11 is 0. The van der Waals surface area contributed by atoms with Crippen molar-refractivity contribution in [3.63, 3.8) is 0 Å². The van der Waals surface area contributed by atoms with Gasteiger partial charge in [-0.1, -0.05) is 60.7 Å². The second kappa shape index (κ2) is 10.1. The van der Waals surface area contributed by atoms with Gasteiger partial charge < -0.3 is 11.1 Å². The molecule has 4 aromatic rings. The van der Waals surface area contributed by atoms with Crippen molar-refractivity contribution >= 4 is 11.6 Å². The van der Waals surface area contributed by atoms with Gasteiger partial charge >= 0.3 is 0 Å². The van der Waals surface area contributed by atoms with Gasteiger partial charge in [0.05, 0.1) is 0 Å². The first kappa shape index (κ1) is 22.7. The molecule has 5 rings (SSSR count). The molecule has 0 aliphatic carbocycles. The Morgan fingerprint density at radius 2 is 1.60 bits per heavy atom. The maximum Gasteiger partial charge on any atom is 0.266 e. The molecule has 1 aliphatic heterocycles. The molecule has 2 aromatic carbocycles. The van der Waals surface area contributed by atoms with Crippen molar-refractivity contribution in [1.82, 2.24) is 24.6 Å². The summed E-state index contributed by atoms with van der Waals surface area (Å²) in [5, 5.41) is 7.95. The van der Waals surface area contributed by atoms with Gasteiger partial charge in [-0.2, -0.15) is 5.10 Å². The van der Waals surface area contributed by atoms with Gasteiger partial charge in [0.2, 0.25) is 0 Å². The summed E-state index contributed by atoms with van der Waals surface area (Å²) in [6.07, 6.45) is 1.98. The Morgan fingerprint density at radius 1 is 0.914 bits per heavy atom. The lowest BCUT2D eigenvalue weighted by atomic mass is 10.0. The second-order valence-electron chi connectivity index (χ2n) is 8.88. The predicted molar refractivity (Wildman–Crippen MR) is 139 cm³/mol. The Labute approximate surface area is 204 Å². The predicted octanol–water partition coefficient (Wildman–Crippen LogP) is 3.56. The standard InChI is InChI=1S/C27H29N7O/c1-33-23(35)13-12-22(32-33)25-24(20-10-6-3-7-11-20)30-26(28)27(31-25)29-21-14-16-34(17-15-21)18-19-8-4-2-5-9-19/h2-13,21H,14-18H2,1H3,(H2,28,30)(H,29,31). The van der Waals surface area contributed by atoms with E-state index >= 15 is 0 Å². The lowest BCUT2D eigenvalue weighted by Gasteiger charge is -2.32. The van der Waals surface area contributed by atoms with Gasteiger partial charge in [-0.05, 0) is 24.5 Å². The highest BCUT2D eigenvalue weighted by atomic mass is 16.1. The summed E-state index contributed by atoms with van der Waals surface area (Å²) in [6, 6.07) is 23.7. The number of hydrogen-bond acceptors (Lipinski definition) is 7. The maximum atomic E-state index is 11.9. The Bertz CT molecular complexity index is 1350. The van der Waals surface area contributed by atoms with Crippen molar-refractivity contribution in [1.29, 1.82) is 0 Å². The molecule has 178 valence electrons. The number of nitrogens with one attached hydrogen (secondary N) is 1. The van der Waals surface area contributed by atoms with Gasteiger partial charge in [-0.15, -0.1) is 0 Å². The molecule has 3 N–H and O–H groups in total. The SMILES string of the molecule is Cn1nc(-c2nc(NC3CCN(Cc4ccccc4)CC3)c(N)nc2-c2ccccc2)ccc1=O. The second-order valence-corrected chi connectivity index (χ2v) is 8.88. The number of rotatable bonds is 6. The summed E-state index contributed by atoms with van der Waals surface area (Å²) in [5.74, 6) is 0.904. The molecular formula is C27H29N7O. The van der Waals surface area contributed by atoms with Gasteiger partial charge in [-0.25, -0.2) is 14.6 Å². The van der Waals surface area contributed by atoms with Crippen molar-refractivity contribution in [2.24, 2.45) is 7.05 Å². The number of nitrogens with zero attached hydrogens (tertiary/aromatic N) is 5. The van der Waals surface area contributed by atoms with E-state index in [4.69, 9.17) is 15.7 Å². The summed E-state index contributed by atoms with van der Waals surface area (Å²) in [6.45, 7) is 2.96.